The Bertz CT molecular complexity index is 590. The Morgan fingerprint density at radius 2 is 2.16 bits per heavy atom. The van der Waals surface area contributed by atoms with Crippen LogP contribution < -0.4 is 10.1 Å². The van der Waals surface area contributed by atoms with E-state index in [2.05, 4.69) is 26.2 Å². The number of rotatable bonds is 4. The molecule has 5 heteroatoms. The number of hydrogen-bond donors (Lipinski definition) is 1. The lowest BCUT2D eigenvalue weighted by Crippen LogP contribution is -2.06. The Morgan fingerprint density at radius 1 is 1.37 bits per heavy atom. The molecule has 3 nitrogen and oxygen atoms in total. The van der Waals surface area contributed by atoms with Crippen molar-refractivity contribution in [3.8, 4) is 11.6 Å². The van der Waals surface area contributed by atoms with Gasteiger partial charge in [-0.05, 0) is 53.2 Å². The van der Waals surface area contributed by atoms with Crippen molar-refractivity contribution in [3.63, 3.8) is 0 Å². The molecule has 0 saturated carbocycles. The van der Waals surface area contributed by atoms with E-state index in [0.717, 1.165) is 15.8 Å². The molecule has 1 N–H and O–H groups in total. The molecule has 0 atom stereocenters. The lowest BCUT2D eigenvalue weighted by atomic mass is 10.2. The van der Waals surface area contributed by atoms with Crippen LogP contribution in [0.3, 0.4) is 0 Å². The predicted octanol–water partition coefficient (Wildman–Crippen LogP) is 4.32. The van der Waals surface area contributed by atoms with Crippen molar-refractivity contribution >= 4 is 27.5 Å². The lowest BCUT2D eigenvalue weighted by Gasteiger charge is -2.09. The molecule has 0 unspecified atom stereocenters. The van der Waals surface area contributed by atoms with Gasteiger partial charge in [-0.1, -0.05) is 17.7 Å². The third kappa shape index (κ3) is 3.69. The molecule has 0 spiro atoms. The van der Waals surface area contributed by atoms with Crippen LogP contribution in [0.2, 0.25) is 5.02 Å². The zero-order valence-corrected chi connectivity index (χ0v) is 13.0. The molecule has 0 amide bonds. The molecule has 0 radical (unpaired) electrons. The quantitative estimate of drug-likeness (QED) is 0.899. The molecule has 0 aliphatic heterocycles. The number of nitrogens with zero attached hydrogens (tertiary/aromatic N) is 1. The van der Waals surface area contributed by atoms with Gasteiger partial charge in [-0.25, -0.2) is 4.98 Å². The topological polar surface area (TPSA) is 34.1 Å². The van der Waals surface area contributed by atoms with Gasteiger partial charge in [0.2, 0.25) is 5.88 Å². The number of hydrogen-bond acceptors (Lipinski definition) is 3. The van der Waals surface area contributed by atoms with E-state index >= 15 is 0 Å². The fraction of sp³-hybridized carbons (Fsp3) is 0.214. The summed E-state index contributed by atoms with van der Waals surface area (Å²) in [4.78, 5) is 4.18. The summed E-state index contributed by atoms with van der Waals surface area (Å²) in [7, 11) is 1.87. The van der Waals surface area contributed by atoms with Crippen molar-refractivity contribution < 1.29 is 4.74 Å². The summed E-state index contributed by atoms with van der Waals surface area (Å²) >= 11 is 9.54. The highest BCUT2D eigenvalue weighted by Crippen LogP contribution is 2.30. The highest BCUT2D eigenvalue weighted by atomic mass is 79.9. The van der Waals surface area contributed by atoms with Crippen molar-refractivity contribution in [1.82, 2.24) is 10.3 Å². The smallest absolute Gasteiger partial charge is 0.219 e. The molecule has 0 bridgehead atoms. The Balaban J connectivity index is 2.25. The number of halogens is 2. The minimum atomic E-state index is 0.527. The summed E-state index contributed by atoms with van der Waals surface area (Å²) in [6.45, 7) is 2.70. The zero-order chi connectivity index (χ0) is 13.8. The lowest BCUT2D eigenvalue weighted by molar-refractivity contribution is 0.459. The van der Waals surface area contributed by atoms with Crippen LogP contribution in [0, 0.1) is 6.92 Å². The van der Waals surface area contributed by atoms with E-state index < -0.39 is 0 Å². The van der Waals surface area contributed by atoms with Gasteiger partial charge in [0.25, 0.3) is 0 Å². The van der Waals surface area contributed by atoms with Gasteiger partial charge in [0.15, 0.2) is 0 Å². The van der Waals surface area contributed by atoms with E-state index in [1.807, 2.05) is 38.2 Å². The molecule has 2 aromatic rings. The number of ether oxygens (including phenoxy) is 1. The number of benzene rings is 1. The summed E-state index contributed by atoms with van der Waals surface area (Å²) < 4.78 is 6.66. The van der Waals surface area contributed by atoms with Gasteiger partial charge in [-0.2, -0.15) is 0 Å². The molecule has 0 aliphatic rings. The molecule has 0 saturated heterocycles. The SMILES string of the molecule is CNCc1cc(Oc2ccc(C)cc2Br)ncc1Cl. The maximum absolute atomic E-state index is 6.06. The first-order chi connectivity index (χ1) is 9.10. The summed E-state index contributed by atoms with van der Waals surface area (Å²) in [5.41, 5.74) is 2.12. The molecule has 1 heterocycles. The van der Waals surface area contributed by atoms with Crippen LogP contribution in [0.1, 0.15) is 11.1 Å². The van der Waals surface area contributed by atoms with E-state index in [-0.39, 0.29) is 0 Å². The average Bonchev–Trinajstić information content (AvgIpc) is 2.37. The molecule has 1 aromatic carbocycles. The van der Waals surface area contributed by atoms with E-state index in [9.17, 15) is 0 Å². The molecular formula is C14H14BrClN2O. The number of aromatic nitrogens is 1. The number of aryl methyl sites for hydroxylation is 1. The molecule has 2 rings (SSSR count). The van der Waals surface area contributed by atoms with Gasteiger partial charge < -0.3 is 10.1 Å². The van der Waals surface area contributed by atoms with Crippen LogP contribution in [0.25, 0.3) is 0 Å². The van der Waals surface area contributed by atoms with Crippen LogP contribution >= 0.6 is 27.5 Å². The highest BCUT2D eigenvalue weighted by molar-refractivity contribution is 9.10. The van der Waals surface area contributed by atoms with Crippen molar-refractivity contribution in [2.75, 3.05) is 7.05 Å². The molecular weight excluding hydrogens is 328 g/mol. The van der Waals surface area contributed by atoms with E-state index in [1.54, 1.807) is 6.20 Å². The summed E-state index contributed by atoms with van der Waals surface area (Å²) in [5, 5.41) is 3.69. The second kappa shape index (κ2) is 6.37. The number of pyridine rings is 1. The van der Waals surface area contributed by atoms with Crippen LogP contribution in [0.15, 0.2) is 34.9 Å². The Labute approximate surface area is 126 Å². The van der Waals surface area contributed by atoms with Gasteiger partial charge >= 0.3 is 0 Å². The highest BCUT2D eigenvalue weighted by Gasteiger charge is 2.07. The molecule has 100 valence electrons. The van der Waals surface area contributed by atoms with Gasteiger partial charge in [0.05, 0.1) is 9.50 Å². The van der Waals surface area contributed by atoms with Crippen LogP contribution in [0.5, 0.6) is 11.6 Å². The van der Waals surface area contributed by atoms with Crippen LogP contribution in [-0.2, 0) is 6.54 Å². The molecule has 0 fully saturated rings. The van der Waals surface area contributed by atoms with E-state index in [1.165, 1.54) is 5.56 Å². The summed E-state index contributed by atoms with van der Waals surface area (Å²) in [6.07, 6.45) is 1.60. The minimum Gasteiger partial charge on any atom is -0.438 e. The Hall–Kier alpha value is -1.10. The Morgan fingerprint density at radius 3 is 2.84 bits per heavy atom. The van der Waals surface area contributed by atoms with Gasteiger partial charge in [0.1, 0.15) is 5.75 Å². The fourth-order valence-corrected chi connectivity index (χ4v) is 2.39. The normalized spacial score (nSPS) is 10.5. The Kier molecular flexibility index (Phi) is 4.80. The largest absolute Gasteiger partial charge is 0.438 e. The first-order valence-corrected chi connectivity index (χ1v) is 7.00. The van der Waals surface area contributed by atoms with Crippen LogP contribution in [-0.4, -0.2) is 12.0 Å². The van der Waals surface area contributed by atoms with Gasteiger partial charge in [-0.3, -0.25) is 0 Å². The minimum absolute atomic E-state index is 0.527. The third-order valence-electron chi connectivity index (χ3n) is 2.58. The molecule has 0 aliphatic carbocycles. The van der Waals surface area contributed by atoms with E-state index in [4.69, 9.17) is 16.3 Å². The number of nitrogens with one attached hydrogen (secondary N) is 1. The zero-order valence-electron chi connectivity index (χ0n) is 10.7. The van der Waals surface area contributed by atoms with Gasteiger partial charge in [0, 0.05) is 18.8 Å². The summed E-state index contributed by atoms with van der Waals surface area (Å²) in [6, 6.07) is 7.74. The molecule has 1 aromatic heterocycles. The van der Waals surface area contributed by atoms with Crippen molar-refractivity contribution in [2.45, 2.75) is 13.5 Å². The average molecular weight is 342 g/mol. The molecule has 19 heavy (non-hydrogen) atoms. The van der Waals surface area contributed by atoms with Crippen molar-refractivity contribution in [3.05, 3.63) is 51.1 Å². The second-order valence-electron chi connectivity index (χ2n) is 4.18. The fourth-order valence-electron chi connectivity index (χ4n) is 1.64. The standard InChI is InChI=1S/C14H14BrClN2O/c1-9-3-4-13(11(15)5-9)19-14-6-10(7-17-2)12(16)8-18-14/h3-6,8,17H,7H2,1-2H3. The van der Waals surface area contributed by atoms with Crippen LogP contribution in [0.4, 0.5) is 0 Å². The van der Waals surface area contributed by atoms with E-state index in [0.29, 0.717) is 17.4 Å². The predicted molar refractivity (Wildman–Crippen MR) is 81.0 cm³/mol. The monoisotopic (exact) mass is 340 g/mol. The maximum Gasteiger partial charge on any atom is 0.219 e. The second-order valence-corrected chi connectivity index (χ2v) is 5.44. The summed E-state index contributed by atoms with van der Waals surface area (Å²) in [5.74, 6) is 1.26. The first kappa shape index (κ1) is 14.3. The maximum atomic E-state index is 6.06. The van der Waals surface area contributed by atoms with Crippen molar-refractivity contribution in [1.29, 1.82) is 0 Å². The third-order valence-corrected chi connectivity index (χ3v) is 3.54. The first-order valence-electron chi connectivity index (χ1n) is 5.83. The van der Waals surface area contributed by atoms with Gasteiger partial charge in [-0.15, -0.1) is 0 Å². The van der Waals surface area contributed by atoms with Crippen molar-refractivity contribution in [2.24, 2.45) is 0 Å².